The van der Waals surface area contributed by atoms with Crippen LogP contribution in [-0.2, 0) is 26.0 Å². The highest BCUT2D eigenvalue weighted by Gasteiger charge is 2.44. The van der Waals surface area contributed by atoms with E-state index in [0.29, 0.717) is 5.56 Å². The van der Waals surface area contributed by atoms with Crippen molar-refractivity contribution in [3.05, 3.63) is 99.9 Å². The molecule has 1 heterocycles. The second-order valence-electron chi connectivity index (χ2n) is 8.51. The summed E-state index contributed by atoms with van der Waals surface area (Å²) in [6.07, 6.45) is -0.179. The minimum absolute atomic E-state index is 0.0516. The van der Waals surface area contributed by atoms with E-state index in [1.54, 1.807) is 0 Å². The average molecular weight is 541 g/mol. The van der Waals surface area contributed by atoms with Crippen LogP contribution in [0.5, 0.6) is 0 Å². The van der Waals surface area contributed by atoms with Crippen molar-refractivity contribution >= 4 is 39.1 Å². The molecule has 3 aromatic rings. The van der Waals surface area contributed by atoms with Crippen molar-refractivity contribution in [1.82, 2.24) is 4.90 Å². The molecule has 0 saturated carbocycles. The number of nitrogens with two attached hydrogens (primary N) is 1. The Labute approximate surface area is 216 Å². The van der Waals surface area contributed by atoms with Gasteiger partial charge >= 0.3 is 0 Å². The average Bonchev–Trinajstić information content (AvgIpc) is 3.17. The molecule has 1 aliphatic rings. The molecule has 0 spiro atoms. The fourth-order valence-electron chi connectivity index (χ4n) is 4.13. The van der Waals surface area contributed by atoms with Crippen LogP contribution in [0.4, 0.5) is 15.8 Å². The predicted molar refractivity (Wildman–Crippen MR) is 133 cm³/mol. The summed E-state index contributed by atoms with van der Waals surface area (Å²) < 4.78 is 36.4. The van der Waals surface area contributed by atoms with Crippen molar-refractivity contribution in [1.29, 1.82) is 0 Å². The molecule has 1 unspecified atom stereocenters. The lowest BCUT2D eigenvalue weighted by atomic mass is 10.1. The maximum Gasteiger partial charge on any atom is 0.270 e. The van der Waals surface area contributed by atoms with Crippen molar-refractivity contribution in [2.45, 2.75) is 23.8 Å². The number of non-ortho nitro benzene ring substituents is 1. The molecular weight excluding hydrogens is 519 g/mol. The van der Waals surface area contributed by atoms with Gasteiger partial charge in [-0.1, -0.05) is 18.2 Å². The van der Waals surface area contributed by atoms with Crippen LogP contribution in [0.1, 0.15) is 22.3 Å². The van der Waals surface area contributed by atoms with Crippen molar-refractivity contribution in [2.24, 2.45) is 5.14 Å². The summed E-state index contributed by atoms with van der Waals surface area (Å²) in [6, 6.07) is 14.1. The summed E-state index contributed by atoms with van der Waals surface area (Å²) in [6.45, 7) is -0.0722. The molecule has 4 rings (SSSR count). The molecule has 2 N–H and O–H groups in total. The highest BCUT2D eigenvalue weighted by molar-refractivity contribution is 7.89. The number of halogens is 1. The standard InChI is InChI=1S/C25H21FN4O7S/c26-18-6-8-19(9-7-18)29-23(31)15-22(25(29)33)28(24(32)17-2-1-3-20(14-17)30(34)35)13-12-16-4-10-21(11-5-16)38(27,36)37/h1-11,14,22H,12-13,15H2,(H2,27,36,37). The Balaban J connectivity index is 1.65. The first-order valence-electron chi connectivity index (χ1n) is 11.3. The van der Waals surface area contributed by atoms with Crippen LogP contribution in [0.2, 0.25) is 0 Å². The largest absolute Gasteiger partial charge is 0.326 e. The van der Waals surface area contributed by atoms with Crippen LogP contribution < -0.4 is 10.0 Å². The Morgan fingerprint density at radius 1 is 1.08 bits per heavy atom. The molecule has 0 aromatic heterocycles. The van der Waals surface area contributed by atoms with Gasteiger partial charge in [-0.05, 0) is 54.4 Å². The first-order valence-corrected chi connectivity index (χ1v) is 12.8. The van der Waals surface area contributed by atoms with Crippen LogP contribution in [0.3, 0.4) is 0 Å². The Hall–Kier alpha value is -4.49. The number of carbonyl (C=O) groups is 3. The molecule has 1 fully saturated rings. The van der Waals surface area contributed by atoms with E-state index in [1.165, 1.54) is 54.6 Å². The van der Waals surface area contributed by atoms with E-state index in [-0.39, 0.29) is 41.2 Å². The van der Waals surface area contributed by atoms with Gasteiger partial charge in [-0.15, -0.1) is 0 Å². The number of anilines is 1. The molecule has 38 heavy (non-hydrogen) atoms. The highest BCUT2D eigenvalue weighted by atomic mass is 32.2. The number of nitrogens with zero attached hydrogens (tertiary/aromatic N) is 3. The first-order chi connectivity index (χ1) is 18.0. The van der Waals surface area contributed by atoms with Gasteiger partial charge in [-0.2, -0.15) is 0 Å². The summed E-state index contributed by atoms with van der Waals surface area (Å²) in [5.41, 5.74) is 0.382. The maximum absolute atomic E-state index is 13.5. The lowest BCUT2D eigenvalue weighted by molar-refractivity contribution is -0.384. The molecule has 3 aromatic carbocycles. The molecule has 0 radical (unpaired) electrons. The van der Waals surface area contributed by atoms with Gasteiger partial charge in [0.25, 0.3) is 17.5 Å². The van der Waals surface area contributed by atoms with Crippen molar-refractivity contribution in [2.75, 3.05) is 11.4 Å². The van der Waals surface area contributed by atoms with Crippen LogP contribution in [-0.4, -0.2) is 48.5 Å². The van der Waals surface area contributed by atoms with Crippen molar-refractivity contribution in [3.63, 3.8) is 0 Å². The Morgan fingerprint density at radius 2 is 1.74 bits per heavy atom. The number of benzene rings is 3. The Kier molecular flexibility index (Phi) is 7.32. The predicted octanol–water partition coefficient (Wildman–Crippen LogP) is 2.40. The van der Waals surface area contributed by atoms with Gasteiger partial charge in [-0.3, -0.25) is 24.5 Å². The number of hydrogen-bond donors (Lipinski definition) is 1. The smallest absolute Gasteiger partial charge is 0.270 e. The first kappa shape index (κ1) is 26.6. The maximum atomic E-state index is 13.5. The Bertz CT molecular complexity index is 1530. The number of primary sulfonamides is 1. The number of imide groups is 1. The topological polar surface area (TPSA) is 161 Å². The van der Waals surface area contributed by atoms with Crippen LogP contribution in [0.15, 0.2) is 77.7 Å². The molecular formula is C25H21FN4O7S. The van der Waals surface area contributed by atoms with Gasteiger partial charge in [0.2, 0.25) is 15.9 Å². The van der Waals surface area contributed by atoms with Gasteiger partial charge in [0.1, 0.15) is 11.9 Å². The normalized spacial score (nSPS) is 15.5. The lowest BCUT2D eigenvalue weighted by Crippen LogP contribution is -2.46. The molecule has 0 bridgehead atoms. The lowest BCUT2D eigenvalue weighted by Gasteiger charge is -2.28. The van der Waals surface area contributed by atoms with E-state index >= 15 is 0 Å². The second kappa shape index (κ2) is 10.5. The zero-order chi connectivity index (χ0) is 27.6. The van der Waals surface area contributed by atoms with Gasteiger partial charge < -0.3 is 4.90 Å². The molecule has 11 nitrogen and oxygen atoms in total. The molecule has 1 aliphatic heterocycles. The van der Waals surface area contributed by atoms with Gasteiger partial charge in [0.05, 0.1) is 21.9 Å². The van der Waals surface area contributed by atoms with E-state index in [4.69, 9.17) is 5.14 Å². The molecule has 3 amide bonds. The molecule has 1 atom stereocenters. The van der Waals surface area contributed by atoms with E-state index in [9.17, 15) is 37.3 Å². The van der Waals surface area contributed by atoms with Crippen LogP contribution in [0, 0.1) is 15.9 Å². The number of carbonyl (C=O) groups excluding carboxylic acids is 3. The highest BCUT2D eigenvalue weighted by Crippen LogP contribution is 2.28. The third-order valence-electron chi connectivity index (χ3n) is 6.04. The molecule has 196 valence electrons. The summed E-state index contributed by atoms with van der Waals surface area (Å²) in [5.74, 6) is -2.56. The van der Waals surface area contributed by atoms with Crippen molar-refractivity contribution in [3.8, 4) is 0 Å². The zero-order valence-electron chi connectivity index (χ0n) is 19.7. The summed E-state index contributed by atoms with van der Waals surface area (Å²) in [4.78, 5) is 52.2. The zero-order valence-corrected chi connectivity index (χ0v) is 20.5. The van der Waals surface area contributed by atoms with Gasteiger partial charge in [0, 0.05) is 24.2 Å². The van der Waals surface area contributed by atoms with Gasteiger partial charge in [0.15, 0.2) is 0 Å². The van der Waals surface area contributed by atoms with E-state index in [1.807, 2.05) is 0 Å². The SMILES string of the molecule is NS(=O)(=O)c1ccc(CCN(C(=O)c2cccc([N+](=O)[O-])c2)C2CC(=O)N(c3ccc(F)cc3)C2=O)cc1. The molecule has 13 heteroatoms. The summed E-state index contributed by atoms with van der Waals surface area (Å²) in [5, 5.41) is 16.3. The molecule has 0 aliphatic carbocycles. The number of hydrogen-bond acceptors (Lipinski definition) is 7. The fourth-order valence-corrected chi connectivity index (χ4v) is 4.65. The number of rotatable bonds is 8. The minimum Gasteiger partial charge on any atom is -0.326 e. The minimum atomic E-state index is -3.90. The summed E-state index contributed by atoms with van der Waals surface area (Å²) in [7, 11) is -3.90. The van der Waals surface area contributed by atoms with Crippen molar-refractivity contribution < 1.29 is 32.1 Å². The third-order valence-corrected chi connectivity index (χ3v) is 6.97. The van der Waals surface area contributed by atoms with E-state index in [2.05, 4.69) is 0 Å². The Morgan fingerprint density at radius 3 is 2.34 bits per heavy atom. The fraction of sp³-hybridized carbons (Fsp3) is 0.160. The van der Waals surface area contributed by atoms with E-state index < -0.39 is 44.5 Å². The number of amides is 3. The van der Waals surface area contributed by atoms with E-state index in [0.717, 1.165) is 28.0 Å². The quantitative estimate of drug-likeness (QED) is 0.261. The molecule has 1 saturated heterocycles. The third kappa shape index (κ3) is 5.58. The number of nitro benzene ring substituents is 1. The number of sulfonamides is 1. The van der Waals surface area contributed by atoms with Crippen LogP contribution >= 0.6 is 0 Å². The number of nitro groups is 1. The van der Waals surface area contributed by atoms with Gasteiger partial charge in [-0.25, -0.2) is 22.8 Å². The van der Waals surface area contributed by atoms with Crippen LogP contribution in [0.25, 0.3) is 0 Å². The summed E-state index contributed by atoms with van der Waals surface area (Å²) >= 11 is 0. The second-order valence-corrected chi connectivity index (χ2v) is 10.1. The monoisotopic (exact) mass is 540 g/mol.